The van der Waals surface area contributed by atoms with Crippen molar-refractivity contribution in [3.8, 4) is 0 Å². The molecule has 0 aliphatic carbocycles. The van der Waals surface area contributed by atoms with Crippen LogP contribution in [0.1, 0.15) is 22.5 Å². The van der Waals surface area contributed by atoms with Crippen LogP contribution in [-0.4, -0.2) is 34.4 Å². The lowest BCUT2D eigenvalue weighted by Gasteiger charge is -1.98. The monoisotopic (exact) mass is 260 g/mol. The fourth-order valence-corrected chi connectivity index (χ4v) is 1.68. The Morgan fingerprint density at radius 2 is 2.26 bits per heavy atom. The van der Waals surface area contributed by atoms with Crippen molar-refractivity contribution in [1.29, 1.82) is 0 Å². The van der Waals surface area contributed by atoms with E-state index >= 15 is 0 Å². The van der Waals surface area contributed by atoms with E-state index in [1.807, 2.05) is 0 Å². The number of aromatic nitrogens is 2. The minimum Gasteiger partial charge on any atom is -0.481 e. The summed E-state index contributed by atoms with van der Waals surface area (Å²) in [5, 5.41) is 16.2. The molecule has 0 saturated heterocycles. The van der Waals surface area contributed by atoms with Gasteiger partial charge in [-0.25, -0.2) is 4.79 Å². The van der Waals surface area contributed by atoms with Crippen LogP contribution in [0, 0.1) is 0 Å². The molecule has 0 bridgehead atoms. The Hall–Kier alpha value is -2.63. The number of benzene rings is 1. The Bertz CT molecular complexity index is 658. The van der Waals surface area contributed by atoms with Gasteiger partial charge in [0.05, 0.1) is 30.3 Å². The van der Waals surface area contributed by atoms with Crippen LogP contribution in [0.3, 0.4) is 0 Å². The first-order valence-electron chi connectivity index (χ1n) is 5.56. The maximum Gasteiger partial charge on any atom is 0.337 e. The Morgan fingerprint density at radius 3 is 2.95 bits per heavy atom. The quantitative estimate of drug-likeness (QED) is 0.818. The van der Waals surface area contributed by atoms with E-state index in [4.69, 9.17) is 5.11 Å². The van der Waals surface area contributed by atoms with E-state index < -0.39 is 11.9 Å². The van der Waals surface area contributed by atoms with E-state index in [1.165, 1.54) is 13.2 Å². The molecular formula is C13H12N2O4. The smallest absolute Gasteiger partial charge is 0.337 e. The van der Waals surface area contributed by atoms with Crippen LogP contribution in [0.15, 0.2) is 24.3 Å². The molecule has 6 nitrogen and oxygen atoms in total. The average molecular weight is 260 g/mol. The van der Waals surface area contributed by atoms with Gasteiger partial charge in [0.2, 0.25) is 0 Å². The van der Waals surface area contributed by atoms with Gasteiger partial charge >= 0.3 is 11.9 Å². The molecule has 0 fully saturated rings. The summed E-state index contributed by atoms with van der Waals surface area (Å²) in [6, 6.07) is 5.02. The normalized spacial score (nSPS) is 11.0. The molecule has 0 unspecified atom stereocenters. The summed E-state index contributed by atoms with van der Waals surface area (Å²) in [6.07, 6.45) is 3.09. The van der Waals surface area contributed by atoms with Gasteiger partial charge in [0.15, 0.2) is 0 Å². The highest BCUT2D eigenvalue weighted by Gasteiger charge is 2.09. The number of methoxy groups -OCH3 is 1. The molecular weight excluding hydrogens is 248 g/mol. The number of aromatic amines is 1. The standard InChI is InChI=1S/C13H12N2O4/c1-19-13(18)8-5-6-9-10(3-2-4-12(16)17)14-15-11(9)7-8/h2-3,5-7H,4H2,1H3,(H,14,15)(H,16,17). The number of carbonyl (C=O) groups is 2. The highest BCUT2D eigenvalue weighted by atomic mass is 16.5. The van der Waals surface area contributed by atoms with Gasteiger partial charge in [-0.3, -0.25) is 9.89 Å². The largest absolute Gasteiger partial charge is 0.481 e. The number of rotatable bonds is 4. The lowest BCUT2D eigenvalue weighted by atomic mass is 10.1. The number of hydrogen-bond donors (Lipinski definition) is 2. The molecule has 6 heteroatoms. The SMILES string of the molecule is COC(=O)c1ccc2c(C=CCC(=O)O)n[nH]c2c1. The van der Waals surface area contributed by atoms with Crippen molar-refractivity contribution in [2.75, 3.05) is 7.11 Å². The minimum absolute atomic E-state index is 0.0609. The molecule has 1 aromatic heterocycles. The van der Waals surface area contributed by atoms with Gasteiger partial charge in [0.25, 0.3) is 0 Å². The summed E-state index contributed by atoms with van der Waals surface area (Å²) < 4.78 is 4.63. The molecule has 98 valence electrons. The van der Waals surface area contributed by atoms with Crippen molar-refractivity contribution >= 4 is 28.9 Å². The Labute approximate surface area is 108 Å². The van der Waals surface area contributed by atoms with Gasteiger partial charge in [-0.15, -0.1) is 0 Å². The summed E-state index contributed by atoms with van der Waals surface area (Å²) >= 11 is 0. The predicted molar refractivity (Wildman–Crippen MR) is 68.7 cm³/mol. The van der Waals surface area contributed by atoms with E-state index in [9.17, 15) is 9.59 Å². The number of hydrogen-bond acceptors (Lipinski definition) is 4. The maximum atomic E-state index is 11.4. The van der Waals surface area contributed by atoms with Gasteiger partial charge in [0.1, 0.15) is 0 Å². The van der Waals surface area contributed by atoms with Crippen LogP contribution < -0.4 is 0 Å². The number of esters is 1. The van der Waals surface area contributed by atoms with Crippen LogP contribution in [0.4, 0.5) is 0 Å². The molecule has 1 heterocycles. The molecule has 0 radical (unpaired) electrons. The summed E-state index contributed by atoms with van der Waals surface area (Å²) in [5.41, 5.74) is 1.75. The molecule has 0 atom stereocenters. The van der Waals surface area contributed by atoms with Gasteiger partial charge in [-0.05, 0) is 24.3 Å². The summed E-state index contributed by atoms with van der Waals surface area (Å²) in [5.74, 6) is -1.32. The third kappa shape index (κ3) is 2.79. The second kappa shape index (κ2) is 5.34. The molecule has 2 rings (SSSR count). The Morgan fingerprint density at radius 1 is 1.47 bits per heavy atom. The van der Waals surface area contributed by atoms with Crippen molar-refractivity contribution in [2.24, 2.45) is 0 Å². The van der Waals surface area contributed by atoms with Crippen molar-refractivity contribution < 1.29 is 19.4 Å². The van der Waals surface area contributed by atoms with E-state index in [1.54, 1.807) is 24.3 Å². The van der Waals surface area contributed by atoms with Crippen LogP contribution in [0.25, 0.3) is 17.0 Å². The molecule has 0 spiro atoms. The number of ether oxygens (including phenoxy) is 1. The molecule has 2 aromatic rings. The molecule has 0 amide bonds. The first-order valence-corrected chi connectivity index (χ1v) is 5.56. The number of fused-ring (bicyclic) bond motifs is 1. The van der Waals surface area contributed by atoms with Gasteiger partial charge in [-0.1, -0.05) is 6.08 Å². The lowest BCUT2D eigenvalue weighted by molar-refractivity contribution is -0.135. The summed E-state index contributed by atoms with van der Waals surface area (Å²) in [4.78, 5) is 21.8. The first kappa shape index (κ1) is 12.8. The number of nitrogens with zero attached hydrogens (tertiary/aromatic N) is 1. The van der Waals surface area contributed by atoms with E-state index in [2.05, 4.69) is 14.9 Å². The molecule has 1 aromatic carbocycles. The molecule has 2 N–H and O–H groups in total. The van der Waals surface area contributed by atoms with Crippen molar-refractivity contribution in [3.05, 3.63) is 35.5 Å². The number of nitrogens with one attached hydrogen (secondary N) is 1. The Balaban J connectivity index is 2.31. The molecule has 0 aliphatic rings. The zero-order chi connectivity index (χ0) is 13.8. The van der Waals surface area contributed by atoms with E-state index in [0.717, 1.165) is 5.39 Å². The fourth-order valence-electron chi connectivity index (χ4n) is 1.68. The minimum atomic E-state index is -0.899. The van der Waals surface area contributed by atoms with Crippen LogP contribution in [0.2, 0.25) is 0 Å². The third-order valence-electron chi connectivity index (χ3n) is 2.58. The van der Waals surface area contributed by atoms with Crippen molar-refractivity contribution in [3.63, 3.8) is 0 Å². The summed E-state index contributed by atoms with van der Waals surface area (Å²) in [7, 11) is 1.32. The zero-order valence-corrected chi connectivity index (χ0v) is 10.2. The molecule has 19 heavy (non-hydrogen) atoms. The topological polar surface area (TPSA) is 92.3 Å². The summed E-state index contributed by atoms with van der Waals surface area (Å²) in [6.45, 7) is 0. The highest BCUT2D eigenvalue weighted by molar-refractivity contribution is 5.96. The van der Waals surface area contributed by atoms with Crippen molar-refractivity contribution in [1.82, 2.24) is 10.2 Å². The van der Waals surface area contributed by atoms with Gasteiger partial charge in [-0.2, -0.15) is 5.10 Å². The molecule has 0 aliphatic heterocycles. The third-order valence-corrected chi connectivity index (χ3v) is 2.58. The fraction of sp³-hybridized carbons (Fsp3) is 0.154. The predicted octanol–water partition coefficient (Wildman–Crippen LogP) is 1.84. The highest BCUT2D eigenvalue weighted by Crippen LogP contribution is 2.19. The maximum absolute atomic E-state index is 11.4. The van der Waals surface area contributed by atoms with Gasteiger partial charge < -0.3 is 9.84 Å². The first-order chi connectivity index (χ1) is 9.11. The number of aliphatic carboxylic acids is 1. The van der Waals surface area contributed by atoms with E-state index in [0.29, 0.717) is 16.8 Å². The van der Waals surface area contributed by atoms with Crippen molar-refractivity contribution in [2.45, 2.75) is 6.42 Å². The lowest BCUT2D eigenvalue weighted by Crippen LogP contribution is -2.00. The zero-order valence-electron chi connectivity index (χ0n) is 10.2. The average Bonchev–Trinajstić information content (AvgIpc) is 2.80. The number of carboxylic acids is 1. The van der Waals surface area contributed by atoms with Crippen LogP contribution in [-0.2, 0) is 9.53 Å². The number of carbonyl (C=O) groups excluding carboxylic acids is 1. The van der Waals surface area contributed by atoms with Gasteiger partial charge in [0, 0.05) is 5.39 Å². The second-order valence-electron chi connectivity index (χ2n) is 3.86. The Kier molecular flexibility index (Phi) is 3.61. The number of H-pyrrole nitrogens is 1. The van der Waals surface area contributed by atoms with Crippen LogP contribution in [0.5, 0.6) is 0 Å². The van der Waals surface area contributed by atoms with E-state index in [-0.39, 0.29) is 6.42 Å². The second-order valence-corrected chi connectivity index (χ2v) is 3.86. The number of carboxylic acid groups (broad SMARTS) is 1. The molecule has 0 saturated carbocycles. The van der Waals surface area contributed by atoms with Crippen LogP contribution >= 0.6 is 0 Å².